The van der Waals surface area contributed by atoms with Crippen LogP contribution in [0, 0.1) is 0 Å². The Balaban J connectivity index is 1.40. The summed E-state index contributed by atoms with van der Waals surface area (Å²) in [5.41, 5.74) is 12.1. The van der Waals surface area contributed by atoms with E-state index in [0.29, 0.717) is 0 Å². The maximum atomic E-state index is 2.52. The predicted octanol–water partition coefficient (Wildman–Crippen LogP) is 11.5. The van der Waals surface area contributed by atoms with Crippen LogP contribution in [0.15, 0.2) is 127 Å². The van der Waals surface area contributed by atoms with Crippen molar-refractivity contribution in [1.29, 1.82) is 0 Å². The van der Waals surface area contributed by atoms with Crippen molar-refractivity contribution >= 4 is 17.1 Å². The highest BCUT2D eigenvalue weighted by Crippen LogP contribution is 2.54. The van der Waals surface area contributed by atoms with Crippen molar-refractivity contribution in [3.63, 3.8) is 0 Å². The monoisotopic (exact) mass is 521 g/mol. The Morgan fingerprint density at radius 1 is 0.475 bits per heavy atom. The van der Waals surface area contributed by atoms with Gasteiger partial charge < -0.3 is 4.90 Å². The molecule has 1 heteroatoms. The third-order valence-electron chi connectivity index (χ3n) is 8.67. The van der Waals surface area contributed by atoms with Crippen LogP contribution >= 0.6 is 0 Å². The van der Waals surface area contributed by atoms with E-state index in [1.165, 1.54) is 66.3 Å². The van der Waals surface area contributed by atoms with Gasteiger partial charge in [-0.25, -0.2) is 0 Å². The molecule has 6 rings (SSSR count). The quantitative estimate of drug-likeness (QED) is 0.177. The summed E-state index contributed by atoms with van der Waals surface area (Å²) >= 11 is 0. The standard InChI is InChI=1S/C39H39N/c1-3-5-27-39(28-6-4-2)37-20-14-13-19-35(37)36-26-23-31(29-38(36)39)30-21-24-34(25-22-30)40(32-15-9-7-10-16-32)33-17-11-8-12-18-33/h7-26,29H,3-6,27-28H2,1-2H3. The molecule has 0 bridgehead atoms. The summed E-state index contributed by atoms with van der Waals surface area (Å²) in [6, 6.07) is 46.8. The second kappa shape index (κ2) is 11.6. The zero-order valence-corrected chi connectivity index (χ0v) is 23.8. The molecule has 0 saturated carbocycles. The lowest BCUT2D eigenvalue weighted by Crippen LogP contribution is -2.25. The van der Waals surface area contributed by atoms with Crippen molar-refractivity contribution in [2.24, 2.45) is 0 Å². The number of fused-ring (bicyclic) bond motifs is 3. The molecule has 0 atom stereocenters. The number of rotatable bonds is 10. The van der Waals surface area contributed by atoms with Crippen molar-refractivity contribution in [2.45, 2.75) is 57.8 Å². The molecule has 1 nitrogen and oxygen atoms in total. The molecule has 0 saturated heterocycles. The van der Waals surface area contributed by atoms with Crippen LogP contribution in [-0.2, 0) is 5.41 Å². The van der Waals surface area contributed by atoms with Gasteiger partial charge in [-0.1, -0.05) is 124 Å². The average Bonchev–Trinajstić information content (AvgIpc) is 3.29. The highest BCUT2D eigenvalue weighted by Gasteiger charge is 2.42. The maximum absolute atomic E-state index is 2.52. The fourth-order valence-electron chi connectivity index (χ4n) is 6.66. The number of para-hydroxylation sites is 2. The van der Waals surface area contributed by atoms with Gasteiger partial charge >= 0.3 is 0 Å². The first kappa shape index (κ1) is 26.1. The number of nitrogens with zero attached hydrogens (tertiary/aromatic N) is 1. The number of hydrogen-bond donors (Lipinski definition) is 0. The highest BCUT2D eigenvalue weighted by atomic mass is 15.1. The van der Waals surface area contributed by atoms with Gasteiger partial charge in [0.15, 0.2) is 0 Å². The van der Waals surface area contributed by atoms with Crippen molar-refractivity contribution in [3.05, 3.63) is 139 Å². The summed E-state index contributed by atoms with van der Waals surface area (Å²) < 4.78 is 0. The number of benzene rings is 5. The molecular weight excluding hydrogens is 482 g/mol. The number of anilines is 3. The van der Waals surface area contributed by atoms with Gasteiger partial charge in [-0.05, 0) is 88.7 Å². The molecule has 200 valence electrons. The molecule has 5 aromatic carbocycles. The van der Waals surface area contributed by atoms with Gasteiger partial charge in [0.25, 0.3) is 0 Å². The van der Waals surface area contributed by atoms with Crippen LogP contribution in [0.1, 0.15) is 63.5 Å². The van der Waals surface area contributed by atoms with Gasteiger partial charge in [-0.2, -0.15) is 0 Å². The summed E-state index contributed by atoms with van der Waals surface area (Å²) in [4.78, 5) is 2.32. The number of hydrogen-bond acceptors (Lipinski definition) is 1. The molecule has 0 aliphatic heterocycles. The van der Waals surface area contributed by atoms with Gasteiger partial charge in [-0.15, -0.1) is 0 Å². The molecule has 0 aromatic heterocycles. The van der Waals surface area contributed by atoms with Crippen LogP contribution in [0.4, 0.5) is 17.1 Å². The summed E-state index contributed by atoms with van der Waals surface area (Å²) in [6.07, 6.45) is 7.41. The fraction of sp³-hybridized carbons (Fsp3) is 0.231. The molecule has 0 N–H and O–H groups in total. The average molecular weight is 522 g/mol. The van der Waals surface area contributed by atoms with E-state index in [1.807, 2.05) is 0 Å². The summed E-state index contributed by atoms with van der Waals surface area (Å²) in [5, 5.41) is 0. The van der Waals surface area contributed by atoms with E-state index in [1.54, 1.807) is 5.56 Å². The van der Waals surface area contributed by atoms with E-state index < -0.39 is 0 Å². The van der Waals surface area contributed by atoms with E-state index in [2.05, 4.69) is 146 Å². The first-order valence-electron chi connectivity index (χ1n) is 15.0. The fourth-order valence-corrected chi connectivity index (χ4v) is 6.66. The normalized spacial score (nSPS) is 13.1. The Morgan fingerprint density at radius 3 is 1.57 bits per heavy atom. The van der Waals surface area contributed by atoms with E-state index in [0.717, 1.165) is 17.1 Å². The zero-order chi connectivity index (χ0) is 27.4. The van der Waals surface area contributed by atoms with Crippen molar-refractivity contribution in [2.75, 3.05) is 4.90 Å². The Hall–Kier alpha value is -4.10. The molecule has 1 aliphatic carbocycles. The van der Waals surface area contributed by atoms with Crippen LogP contribution in [0.25, 0.3) is 22.3 Å². The molecule has 0 radical (unpaired) electrons. The van der Waals surface area contributed by atoms with Gasteiger partial charge in [0.05, 0.1) is 0 Å². The first-order valence-corrected chi connectivity index (χ1v) is 15.0. The van der Waals surface area contributed by atoms with Gasteiger partial charge in [-0.3, -0.25) is 0 Å². The highest BCUT2D eigenvalue weighted by molar-refractivity contribution is 5.84. The van der Waals surface area contributed by atoms with Crippen molar-refractivity contribution in [3.8, 4) is 22.3 Å². The topological polar surface area (TPSA) is 3.24 Å². The van der Waals surface area contributed by atoms with Crippen LogP contribution in [0.5, 0.6) is 0 Å². The lowest BCUT2D eigenvalue weighted by molar-refractivity contribution is 0.414. The summed E-state index contributed by atoms with van der Waals surface area (Å²) in [5.74, 6) is 0. The van der Waals surface area contributed by atoms with Crippen molar-refractivity contribution < 1.29 is 0 Å². The Bertz CT molecular complexity index is 1500. The van der Waals surface area contributed by atoms with Crippen LogP contribution in [0.3, 0.4) is 0 Å². The molecule has 0 heterocycles. The van der Waals surface area contributed by atoms with Crippen molar-refractivity contribution in [1.82, 2.24) is 0 Å². The Kier molecular flexibility index (Phi) is 7.55. The third-order valence-corrected chi connectivity index (χ3v) is 8.67. The Morgan fingerprint density at radius 2 is 0.975 bits per heavy atom. The second-order valence-corrected chi connectivity index (χ2v) is 11.1. The lowest BCUT2D eigenvalue weighted by atomic mass is 9.70. The van der Waals surface area contributed by atoms with Gasteiger partial charge in [0, 0.05) is 22.5 Å². The van der Waals surface area contributed by atoms with Gasteiger partial charge in [0.1, 0.15) is 0 Å². The Labute approximate surface area is 240 Å². The van der Waals surface area contributed by atoms with Gasteiger partial charge in [0.2, 0.25) is 0 Å². The SMILES string of the molecule is CCCCC1(CCCC)c2ccccc2-c2ccc(-c3ccc(N(c4ccccc4)c4ccccc4)cc3)cc21. The van der Waals surface area contributed by atoms with Crippen LogP contribution in [0.2, 0.25) is 0 Å². The van der Waals surface area contributed by atoms with Crippen LogP contribution < -0.4 is 4.90 Å². The molecule has 0 fully saturated rings. The third kappa shape index (κ3) is 4.75. The molecule has 0 unspecified atom stereocenters. The zero-order valence-electron chi connectivity index (χ0n) is 23.8. The first-order chi connectivity index (χ1) is 19.7. The smallest absolute Gasteiger partial charge is 0.0462 e. The molecule has 1 aliphatic rings. The lowest BCUT2D eigenvalue weighted by Gasteiger charge is -2.33. The van der Waals surface area contributed by atoms with E-state index in [9.17, 15) is 0 Å². The summed E-state index contributed by atoms with van der Waals surface area (Å²) in [6.45, 7) is 4.64. The minimum atomic E-state index is 0.116. The van der Waals surface area contributed by atoms with E-state index >= 15 is 0 Å². The molecular formula is C39H39N. The minimum absolute atomic E-state index is 0.116. The largest absolute Gasteiger partial charge is 0.311 e. The molecule has 40 heavy (non-hydrogen) atoms. The minimum Gasteiger partial charge on any atom is -0.311 e. The van der Waals surface area contributed by atoms with Crippen LogP contribution in [-0.4, -0.2) is 0 Å². The molecule has 0 spiro atoms. The maximum Gasteiger partial charge on any atom is 0.0462 e. The predicted molar refractivity (Wildman–Crippen MR) is 172 cm³/mol. The summed E-state index contributed by atoms with van der Waals surface area (Å²) in [7, 11) is 0. The molecule has 5 aromatic rings. The molecule has 0 amide bonds. The number of unbranched alkanes of at least 4 members (excludes halogenated alkanes) is 2. The van der Waals surface area contributed by atoms with E-state index in [-0.39, 0.29) is 5.41 Å². The van der Waals surface area contributed by atoms with E-state index in [4.69, 9.17) is 0 Å². The second-order valence-electron chi connectivity index (χ2n) is 11.1.